The van der Waals surface area contributed by atoms with Gasteiger partial charge in [0.2, 0.25) is 0 Å². The largest absolute Gasteiger partial charge is 0.435 e. The molecule has 0 fully saturated rings. The SMILES string of the molecule is Cc1ccc(-n2ccc(C(F)(F)F)n2)c(CCN)c1. The Morgan fingerprint density at radius 3 is 2.58 bits per heavy atom. The molecule has 0 amide bonds. The van der Waals surface area contributed by atoms with Crippen molar-refractivity contribution in [1.29, 1.82) is 0 Å². The van der Waals surface area contributed by atoms with E-state index in [9.17, 15) is 13.2 Å². The number of rotatable bonds is 3. The quantitative estimate of drug-likeness (QED) is 0.931. The van der Waals surface area contributed by atoms with Crippen molar-refractivity contribution in [1.82, 2.24) is 9.78 Å². The van der Waals surface area contributed by atoms with Crippen LogP contribution in [0.1, 0.15) is 16.8 Å². The van der Waals surface area contributed by atoms with Gasteiger partial charge in [0.1, 0.15) is 0 Å². The molecule has 0 atom stereocenters. The van der Waals surface area contributed by atoms with E-state index in [0.29, 0.717) is 18.7 Å². The molecule has 2 rings (SSSR count). The molecule has 0 saturated carbocycles. The maximum Gasteiger partial charge on any atom is 0.435 e. The summed E-state index contributed by atoms with van der Waals surface area (Å²) in [5, 5.41) is 3.58. The molecule has 0 spiro atoms. The van der Waals surface area contributed by atoms with Crippen LogP contribution >= 0.6 is 0 Å². The summed E-state index contributed by atoms with van der Waals surface area (Å²) in [6.45, 7) is 2.36. The van der Waals surface area contributed by atoms with Gasteiger partial charge in [-0.05, 0) is 37.6 Å². The van der Waals surface area contributed by atoms with Crippen LogP contribution in [0.25, 0.3) is 5.69 Å². The molecule has 6 heteroatoms. The van der Waals surface area contributed by atoms with Crippen molar-refractivity contribution in [3.8, 4) is 5.69 Å². The van der Waals surface area contributed by atoms with Crippen molar-refractivity contribution in [3.63, 3.8) is 0 Å². The predicted molar refractivity (Wildman–Crippen MR) is 66.1 cm³/mol. The zero-order valence-corrected chi connectivity index (χ0v) is 10.4. The third-order valence-corrected chi connectivity index (χ3v) is 2.78. The van der Waals surface area contributed by atoms with Crippen LogP contribution < -0.4 is 5.73 Å². The molecule has 19 heavy (non-hydrogen) atoms. The summed E-state index contributed by atoms with van der Waals surface area (Å²) >= 11 is 0. The van der Waals surface area contributed by atoms with Gasteiger partial charge in [-0.25, -0.2) is 4.68 Å². The fraction of sp³-hybridized carbons (Fsp3) is 0.308. The highest BCUT2D eigenvalue weighted by molar-refractivity contribution is 5.43. The lowest BCUT2D eigenvalue weighted by atomic mass is 10.1. The van der Waals surface area contributed by atoms with Crippen LogP contribution in [0.4, 0.5) is 13.2 Å². The van der Waals surface area contributed by atoms with Gasteiger partial charge >= 0.3 is 6.18 Å². The topological polar surface area (TPSA) is 43.8 Å². The molecule has 0 aliphatic carbocycles. The van der Waals surface area contributed by atoms with E-state index in [4.69, 9.17) is 5.73 Å². The van der Waals surface area contributed by atoms with Gasteiger partial charge in [0.25, 0.3) is 0 Å². The second-order valence-electron chi connectivity index (χ2n) is 4.31. The molecule has 0 aliphatic heterocycles. The minimum absolute atomic E-state index is 0.434. The van der Waals surface area contributed by atoms with Crippen LogP contribution in [0.15, 0.2) is 30.5 Å². The molecule has 2 N–H and O–H groups in total. The average molecular weight is 269 g/mol. The van der Waals surface area contributed by atoms with E-state index in [1.807, 2.05) is 19.1 Å². The summed E-state index contributed by atoms with van der Waals surface area (Å²) in [5.41, 5.74) is 7.18. The number of benzene rings is 1. The first-order chi connectivity index (χ1) is 8.91. The molecule has 102 valence electrons. The molecular formula is C13H14F3N3. The highest BCUT2D eigenvalue weighted by atomic mass is 19.4. The fourth-order valence-electron chi connectivity index (χ4n) is 1.90. The molecule has 0 unspecified atom stereocenters. The van der Waals surface area contributed by atoms with Crippen molar-refractivity contribution in [2.45, 2.75) is 19.5 Å². The molecule has 0 bridgehead atoms. The van der Waals surface area contributed by atoms with Crippen molar-refractivity contribution in [3.05, 3.63) is 47.3 Å². The molecule has 1 heterocycles. The predicted octanol–water partition coefficient (Wildman–Crippen LogP) is 2.70. The second-order valence-corrected chi connectivity index (χ2v) is 4.31. The van der Waals surface area contributed by atoms with Gasteiger partial charge in [-0.1, -0.05) is 17.7 Å². The third-order valence-electron chi connectivity index (χ3n) is 2.78. The Labute approximate surface area is 108 Å². The molecule has 0 aliphatic rings. The first-order valence-corrected chi connectivity index (χ1v) is 5.84. The van der Waals surface area contributed by atoms with Gasteiger partial charge in [-0.3, -0.25) is 0 Å². The van der Waals surface area contributed by atoms with Crippen LogP contribution in [-0.4, -0.2) is 16.3 Å². The maximum absolute atomic E-state index is 12.5. The van der Waals surface area contributed by atoms with E-state index in [-0.39, 0.29) is 0 Å². The number of hydrogen-bond donors (Lipinski definition) is 1. The van der Waals surface area contributed by atoms with E-state index >= 15 is 0 Å². The van der Waals surface area contributed by atoms with E-state index in [1.165, 1.54) is 10.9 Å². The highest BCUT2D eigenvalue weighted by Gasteiger charge is 2.33. The molecular weight excluding hydrogens is 255 g/mol. The van der Waals surface area contributed by atoms with Crippen LogP contribution in [0.3, 0.4) is 0 Å². The first-order valence-electron chi connectivity index (χ1n) is 5.84. The Morgan fingerprint density at radius 1 is 1.26 bits per heavy atom. The molecule has 1 aromatic heterocycles. The third kappa shape index (κ3) is 2.96. The second kappa shape index (κ2) is 5.05. The summed E-state index contributed by atoms with van der Waals surface area (Å²) in [6.07, 6.45) is -2.52. The van der Waals surface area contributed by atoms with Crippen molar-refractivity contribution < 1.29 is 13.2 Å². The van der Waals surface area contributed by atoms with Crippen LogP contribution in [0, 0.1) is 6.92 Å². The zero-order valence-electron chi connectivity index (χ0n) is 10.4. The molecule has 0 saturated heterocycles. The lowest BCUT2D eigenvalue weighted by Gasteiger charge is -2.10. The van der Waals surface area contributed by atoms with Crippen molar-refractivity contribution in [2.24, 2.45) is 5.73 Å². The average Bonchev–Trinajstić information content (AvgIpc) is 2.78. The minimum atomic E-state index is -4.43. The molecule has 3 nitrogen and oxygen atoms in total. The highest BCUT2D eigenvalue weighted by Crippen LogP contribution is 2.28. The Balaban J connectivity index is 2.44. The standard InChI is InChI=1S/C13H14F3N3/c1-9-2-3-11(10(8-9)4-6-17)19-7-5-12(18-19)13(14,15)16/h2-3,5,7-8H,4,6,17H2,1H3. The Morgan fingerprint density at radius 2 is 2.00 bits per heavy atom. The smallest absolute Gasteiger partial charge is 0.330 e. The monoisotopic (exact) mass is 269 g/mol. The summed E-state index contributed by atoms with van der Waals surface area (Å²) in [4.78, 5) is 0. The van der Waals surface area contributed by atoms with Gasteiger partial charge < -0.3 is 5.73 Å². The number of nitrogens with zero attached hydrogens (tertiary/aromatic N) is 2. The first kappa shape index (κ1) is 13.6. The summed E-state index contributed by atoms with van der Waals surface area (Å²) < 4.78 is 38.8. The number of aryl methyl sites for hydroxylation is 1. The van der Waals surface area contributed by atoms with Gasteiger partial charge in [-0.15, -0.1) is 0 Å². The van der Waals surface area contributed by atoms with Gasteiger partial charge in [-0.2, -0.15) is 18.3 Å². The molecule has 2 aromatic rings. The van der Waals surface area contributed by atoms with E-state index in [0.717, 1.165) is 17.2 Å². The number of aromatic nitrogens is 2. The number of nitrogens with two attached hydrogens (primary N) is 1. The minimum Gasteiger partial charge on any atom is -0.330 e. The van der Waals surface area contributed by atoms with E-state index in [1.54, 1.807) is 6.07 Å². The molecule has 1 aromatic carbocycles. The van der Waals surface area contributed by atoms with Gasteiger partial charge in [0.05, 0.1) is 5.69 Å². The zero-order chi connectivity index (χ0) is 14.0. The van der Waals surface area contributed by atoms with E-state index in [2.05, 4.69) is 5.10 Å². The van der Waals surface area contributed by atoms with Gasteiger partial charge in [0, 0.05) is 6.20 Å². The van der Waals surface area contributed by atoms with Crippen LogP contribution in [0.5, 0.6) is 0 Å². The summed E-state index contributed by atoms with van der Waals surface area (Å²) in [5.74, 6) is 0. The van der Waals surface area contributed by atoms with E-state index < -0.39 is 11.9 Å². The van der Waals surface area contributed by atoms with Crippen LogP contribution in [0.2, 0.25) is 0 Å². The Kier molecular flexibility index (Phi) is 3.61. The summed E-state index contributed by atoms with van der Waals surface area (Å²) in [7, 11) is 0. The number of alkyl halides is 3. The lowest BCUT2D eigenvalue weighted by Crippen LogP contribution is -2.10. The normalized spacial score (nSPS) is 11.8. The molecule has 0 radical (unpaired) electrons. The Bertz CT molecular complexity index is 573. The Hall–Kier alpha value is -1.82. The number of hydrogen-bond acceptors (Lipinski definition) is 2. The lowest BCUT2D eigenvalue weighted by molar-refractivity contribution is -0.141. The summed E-state index contributed by atoms with van der Waals surface area (Å²) in [6, 6.07) is 6.47. The van der Waals surface area contributed by atoms with Crippen LogP contribution in [-0.2, 0) is 12.6 Å². The van der Waals surface area contributed by atoms with Crippen molar-refractivity contribution in [2.75, 3.05) is 6.54 Å². The van der Waals surface area contributed by atoms with Gasteiger partial charge in [0.15, 0.2) is 5.69 Å². The maximum atomic E-state index is 12.5. The van der Waals surface area contributed by atoms with Crippen molar-refractivity contribution >= 4 is 0 Å². The fourth-order valence-corrected chi connectivity index (χ4v) is 1.90. The number of halogens is 3.